The number of non-ortho nitro benzene ring substituents is 1. The second kappa shape index (κ2) is 7.29. The van der Waals surface area contributed by atoms with Gasteiger partial charge in [-0.05, 0) is 32.9 Å². The van der Waals surface area contributed by atoms with E-state index in [1.54, 1.807) is 20.8 Å². The molecule has 28 heavy (non-hydrogen) atoms. The van der Waals surface area contributed by atoms with Crippen LogP contribution in [0.2, 0.25) is 0 Å². The Morgan fingerprint density at radius 2 is 1.96 bits per heavy atom. The number of rotatable bonds is 3. The Bertz CT molecular complexity index is 913. The smallest absolute Gasteiger partial charge is 0.410 e. The summed E-state index contributed by atoms with van der Waals surface area (Å²) in [5.74, 6) is -0.461. The van der Waals surface area contributed by atoms with Crippen molar-refractivity contribution in [1.82, 2.24) is 15.1 Å². The fourth-order valence-electron chi connectivity index (χ4n) is 2.82. The van der Waals surface area contributed by atoms with Crippen LogP contribution in [0.4, 0.5) is 16.2 Å². The lowest BCUT2D eigenvalue weighted by Gasteiger charge is -2.30. The number of ether oxygens (including phenoxy) is 1. The second-order valence-corrected chi connectivity index (χ2v) is 7.44. The molecule has 0 saturated heterocycles. The quantitative estimate of drug-likeness (QED) is 0.615. The first-order chi connectivity index (χ1) is 13.1. The molecule has 0 aliphatic carbocycles. The van der Waals surface area contributed by atoms with Crippen molar-refractivity contribution >= 4 is 23.4 Å². The fourth-order valence-corrected chi connectivity index (χ4v) is 2.82. The highest BCUT2D eigenvalue weighted by Gasteiger charge is 2.30. The molecule has 1 aromatic heterocycles. The number of carbonyl (C=O) groups is 2. The molecule has 2 aromatic rings. The van der Waals surface area contributed by atoms with E-state index < -0.39 is 22.5 Å². The van der Waals surface area contributed by atoms with Crippen molar-refractivity contribution in [2.75, 3.05) is 11.9 Å². The Kier molecular flexibility index (Phi) is 5.04. The Morgan fingerprint density at radius 1 is 1.29 bits per heavy atom. The van der Waals surface area contributed by atoms with E-state index in [-0.39, 0.29) is 17.9 Å². The molecule has 10 heteroatoms. The number of aromatic nitrogens is 2. The first kappa shape index (κ1) is 19.3. The molecule has 0 spiro atoms. The minimum atomic E-state index is -0.607. The van der Waals surface area contributed by atoms with E-state index >= 15 is 0 Å². The summed E-state index contributed by atoms with van der Waals surface area (Å²) in [6, 6.07) is 5.50. The Morgan fingerprint density at radius 3 is 2.57 bits per heavy atom. The summed E-state index contributed by atoms with van der Waals surface area (Å²) < 4.78 is 5.40. The van der Waals surface area contributed by atoms with Crippen molar-refractivity contribution in [2.45, 2.75) is 39.3 Å². The summed E-state index contributed by atoms with van der Waals surface area (Å²) in [7, 11) is 0. The lowest BCUT2D eigenvalue weighted by Crippen LogP contribution is -2.40. The number of aromatic amines is 1. The molecule has 0 saturated carbocycles. The normalized spacial score (nSPS) is 13.6. The van der Waals surface area contributed by atoms with Crippen LogP contribution in [0.5, 0.6) is 0 Å². The molecule has 1 aromatic carbocycles. The minimum absolute atomic E-state index is 0.0665. The Balaban J connectivity index is 1.73. The van der Waals surface area contributed by atoms with E-state index in [0.717, 1.165) is 5.69 Å². The van der Waals surface area contributed by atoms with Crippen LogP contribution >= 0.6 is 0 Å². The molecule has 0 atom stereocenters. The van der Waals surface area contributed by atoms with Gasteiger partial charge in [-0.2, -0.15) is 5.10 Å². The molecule has 0 unspecified atom stereocenters. The van der Waals surface area contributed by atoms with Crippen LogP contribution in [0.15, 0.2) is 24.3 Å². The van der Waals surface area contributed by atoms with Gasteiger partial charge in [0.15, 0.2) is 5.69 Å². The van der Waals surface area contributed by atoms with Gasteiger partial charge in [0.25, 0.3) is 11.6 Å². The first-order valence-corrected chi connectivity index (χ1v) is 8.74. The van der Waals surface area contributed by atoms with Gasteiger partial charge in [-0.15, -0.1) is 0 Å². The van der Waals surface area contributed by atoms with Crippen molar-refractivity contribution in [3.8, 4) is 0 Å². The summed E-state index contributed by atoms with van der Waals surface area (Å²) >= 11 is 0. The van der Waals surface area contributed by atoms with Crippen molar-refractivity contribution in [1.29, 1.82) is 0 Å². The maximum absolute atomic E-state index is 12.6. The monoisotopic (exact) mass is 387 g/mol. The number of carbonyl (C=O) groups excluding carboxylic acids is 2. The predicted molar refractivity (Wildman–Crippen MR) is 100.0 cm³/mol. The largest absolute Gasteiger partial charge is 0.444 e. The zero-order valence-electron chi connectivity index (χ0n) is 15.8. The number of H-pyrrole nitrogens is 1. The lowest BCUT2D eigenvalue weighted by atomic mass is 10.1. The van der Waals surface area contributed by atoms with Crippen LogP contribution < -0.4 is 5.32 Å². The third-order valence-electron chi connectivity index (χ3n) is 4.14. The number of amides is 2. The summed E-state index contributed by atoms with van der Waals surface area (Å²) in [5, 5.41) is 20.3. The first-order valence-electron chi connectivity index (χ1n) is 8.74. The van der Waals surface area contributed by atoms with Crippen molar-refractivity contribution in [3.05, 3.63) is 51.3 Å². The molecule has 0 fully saturated rings. The van der Waals surface area contributed by atoms with Crippen LogP contribution in [-0.2, 0) is 17.7 Å². The SMILES string of the molecule is CC(C)(C)OC(=O)N1CCc2[nH]nc(C(=O)Nc3ccc([N+](=O)[O-])cc3)c2C1. The molecule has 0 radical (unpaired) electrons. The molecule has 2 N–H and O–H groups in total. The maximum atomic E-state index is 12.6. The van der Waals surface area contributed by atoms with Crippen molar-refractivity contribution < 1.29 is 19.2 Å². The number of hydrogen-bond acceptors (Lipinski definition) is 6. The Hall–Kier alpha value is -3.43. The van der Waals surface area contributed by atoms with E-state index in [2.05, 4.69) is 15.5 Å². The number of benzene rings is 1. The van der Waals surface area contributed by atoms with Gasteiger partial charge in [-0.3, -0.25) is 20.0 Å². The van der Waals surface area contributed by atoms with E-state index in [0.29, 0.717) is 24.2 Å². The van der Waals surface area contributed by atoms with E-state index in [4.69, 9.17) is 4.74 Å². The van der Waals surface area contributed by atoms with Gasteiger partial charge in [0.05, 0.1) is 11.5 Å². The van der Waals surface area contributed by atoms with Gasteiger partial charge < -0.3 is 15.0 Å². The summed E-state index contributed by atoms with van der Waals surface area (Å²) in [6.07, 6.45) is 0.0907. The molecule has 0 bridgehead atoms. The molecular weight excluding hydrogens is 366 g/mol. The van der Waals surface area contributed by atoms with Crippen molar-refractivity contribution in [2.24, 2.45) is 0 Å². The zero-order chi connectivity index (χ0) is 20.5. The molecule has 148 valence electrons. The summed E-state index contributed by atoms with van der Waals surface area (Å²) in [5.41, 5.74) is 1.35. The third kappa shape index (κ3) is 4.27. The topological polar surface area (TPSA) is 130 Å². The van der Waals surface area contributed by atoms with Gasteiger partial charge in [0.1, 0.15) is 5.60 Å². The number of hydrogen-bond donors (Lipinski definition) is 2. The molecular formula is C18H21N5O5. The van der Waals surface area contributed by atoms with Crippen LogP contribution in [0, 0.1) is 10.1 Å². The highest BCUT2D eigenvalue weighted by Crippen LogP contribution is 2.23. The van der Waals surface area contributed by atoms with E-state index in [9.17, 15) is 19.7 Å². The molecule has 2 heterocycles. The van der Waals surface area contributed by atoms with Crippen LogP contribution in [-0.4, -0.2) is 44.2 Å². The highest BCUT2D eigenvalue weighted by atomic mass is 16.6. The van der Waals surface area contributed by atoms with E-state index in [1.807, 2.05) is 0 Å². The van der Waals surface area contributed by atoms with Crippen LogP contribution in [0.1, 0.15) is 42.5 Å². The standard InChI is InChI=1S/C18H21N5O5/c1-18(2,3)28-17(25)22-9-8-14-13(10-22)15(21-20-14)16(24)19-11-4-6-12(7-5-11)23(26)27/h4-7H,8-10H2,1-3H3,(H,19,24)(H,20,21). The average molecular weight is 387 g/mol. The summed E-state index contributed by atoms with van der Waals surface area (Å²) in [4.78, 5) is 36.7. The number of nitro benzene ring substituents is 1. The zero-order valence-corrected chi connectivity index (χ0v) is 15.8. The molecule has 3 rings (SSSR count). The van der Waals surface area contributed by atoms with Gasteiger partial charge in [0.2, 0.25) is 0 Å². The van der Waals surface area contributed by atoms with Crippen molar-refractivity contribution in [3.63, 3.8) is 0 Å². The molecule has 10 nitrogen and oxygen atoms in total. The van der Waals surface area contributed by atoms with Gasteiger partial charge in [-0.1, -0.05) is 0 Å². The number of nitrogens with zero attached hydrogens (tertiary/aromatic N) is 3. The minimum Gasteiger partial charge on any atom is -0.444 e. The van der Waals surface area contributed by atoms with Gasteiger partial charge in [-0.25, -0.2) is 4.79 Å². The van der Waals surface area contributed by atoms with Crippen LogP contribution in [0.3, 0.4) is 0 Å². The fraction of sp³-hybridized carbons (Fsp3) is 0.389. The van der Waals surface area contributed by atoms with Gasteiger partial charge >= 0.3 is 6.09 Å². The number of anilines is 1. The lowest BCUT2D eigenvalue weighted by molar-refractivity contribution is -0.384. The van der Waals surface area contributed by atoms with Crippen LogP contribution in [0.25, 0.3) is 0 Å². The molecule has 1 aliphatic heterocycles. The number of nitro groups is 1. The molecule has 1 aliphatic rings. The second-order valence-electron chi connectivity index (χ2n) is 7.44. The number of nitrogens with one attached hydrogen (secondary N) is 2. The summed E-state index contributed by atoms with van der Waals surface area (Å²) in [6.45, 7) is 6.06. The molecule has 2 amide bonds. The Labute approximate surface area is 161 Å². The van der Waals surface area contributed by atoms with Gasteiger partial charge in [0, 0.05) is 42.0 Å². The van der Waals surface area contributed by atoms with E-state index in [1.165, 1.54) is 29.2 Å². The maximum Gasteiger partial charge on any atom is 0.410 e. The highest BCUT2D eigenvalue weighted by molar-refractivity contribution is 6.04. The predicted octanol–water partition coefficient (Wildman–Crippen LogP) is 2.86. The third-order valence-corrected chi connectivity index (χ3v) is 4.14. The average Bonchev–Trinajstić information content (AvgIpc) is 3.04. The number of fused-ring (bicyclic) bond motifs is 1.